The summed E-state index contributed by atoms with van der Waals surface area (Å²) in [4.78, 5) is 40.0. The summed E-state index contributed by atoms with van der Waals surface area (Å²) in [6.45, 7) is 3.91. The van der Waals surface area contributed by atoms with Gasteiger partial charge in [-0.2, -0.15) is 0 Å². The summed E-state index contributed by atoms with van der Waals surface area (Å²) in [5.74, 6) is 0.133. The Kier molecular flexibility index (Phi) is 5.17. The van der Waals surface area contributed by atoms with E-state index in [9.17, 15) is 9.59 Å². The van der Waals surface area contributed by atoms with Gasteiger partial charge in [0, 0.05) is 24.7 Å². The second kappa shape index (κ2) is 7.69. The highest BCUT2D eigenvalue weighted by molar-refractivity contribution is 5.94. The van der Waals surface area contributed by atoms with Gasteiger partial charge >= 0.3 is 0 Å². The van der Waals surface area contributed by atoms with E-state index in [0.717, 1.165) is 0 Å². The second-order valence-corrected chi connectivity index (χ2v) is 6.17. The summed E-state index contributed by atoms with van der Waals surface area (Å²) >= 11 is 0. The molecule has 3 aromatic rings. The minimum Gasteiger partial charge on any atom is -0.343 e. The standard InChI is InChI=1S/C19H19N5O2/c1-12(2)17(24-19(26)13-6-5-8-20-11-13)15-10-16(25)23-18(22-15)14-7-3-4-9-21-14/h3-12,17H,1-2H3,(H,24,26)(H,22,23,25)/t17-/m0/s1. The van der Waals surface area contributed by atoms with Crippen LogP contribution in [0, 0.1) is 5.92 Å². The van der Waals surface area contributed by atoms with Crippen molar-refractivity contribution in [2.24, 2.45) is 5.92 Å². The Morgan fingerprint density at radius 2 is 2.00 bits per heavy atom. The van der Waals surface area contributed by atoms with E-state index in [2.05, 4.69) is 25.3 Å². The van der Waals surface area contributed by atoms with E-state index < -0.39 is 6.04 Å². The van der Waals surface area contributed by atoms with Crippen molar-refractivity contribution in [2.45, 2.75) is 19.9 Å². The number of carbonyl (C=O) groups excluding carboxylic acids is 1. The molecule has 2 N–H and O–H groups in total. The van der Waals surface area contributed by atoms with Crippen LogP contribution in [0.1, 0.15) is 35.9 Å². The van der Waals surface area contributed by atoms with Crippen LogP contribution in [0.2, 0.25) is 0 Å². The molecule has 7 nitrogen and oxygen atoms in total. The van der Waals surface area contributed by atoms with Gasteiger partial charge in [0.05, 0.1) is 17.3 Å². The van der Waals surface area contributed by atoms with Gasteiger partial charge in [-0.3, -0.25) is 19.6 Å². The number of carbonyl (C=O) groups is 1. The number of aromatic nitrogens is 4. The van der Waals surface area contributed by atoms with Crippen LogP contribution < -0.4 is 10.9 Å². The van der Waals surface area contributed by atoms with Gasteiger partial charge in [-0.1, -0.05) is 19.9 Å². The van der Waals surface area contributed by atoms with Crippen LogP contribution in [0.4, 0.5) is 0 Å². The Morgan fingerprint density at radius 1 is 1.15 bits per heavy atom. The van der Waals surface area contributed by atoms with Crippen LogP contribution in [0.25, 0.3) is 11.5 Å². The first-order valence-corrected chi connectivity index (χ1v) is 8.28. The van der Waals surface area contributed by atoms with E-state index in [4.69, 9.17) is 0 Å². The van der Waals surface area contributed by atoms with Crippen molar-refractivity contribution in [1.82, 2.24) is 25.3 Å². The monoisotopic (exact) mass is 349 g/mol. The molecule has 0 fully saturated rings. The van der Waals surface area contributed by atoms with Gasteiger partial charge < -0.3 is 10.3 Å². The van der Waals surface area contributed by atoms with Crippen molar-refractivity contribution in [3.63, 3.8) is 0 Å². The SMILES string of the molecule is CC(C)[C@H](NC(=O)c1cccnc1)c1cc(=O)[nH]c(-c2ccccn2)n1. The molecule has 3 heterocycles. The highest BCUT2D eigenvalue weighted by Crippen LogP contribution is 2.21. The van der Waals surface area contributed by atoms with Crippen molar-refractivity contribution < 1.29 is 4.79 Å². The lowest BCUT2D eigenvalue weighted by Crippen LogP contribution is -2.33. The quantitative estimate of drug-likeness (QED) is 0.736. The molecule has 0 saturated carbocycles. The summed E-state index contributed by atoms with van der Waals surface area (Å²) < 4.78 is 0. The molecule has 0 spiro atoms. The third kappa shape index (κ3) is 4.00. The zero-order valence-electron chi connectivity index (χ0n) is 14.5. The predicted molar refractivity (Wildman–Crippen MR) is 97.4 cm³/mol. The zero-order valence-corrected chi connectivity index (χ0v) is 14.5. The molecule has 0 bridgehead atoms. The Morgan fingerprint density at radius 3 is 2.65 bits per heavy atom. The molecule has 3 aromatic heterocycles. The van der Waals surface area contributed by atoms with Gasteiger partial charge in [0.15, 0.2) is 5.82 Å². The second-order valence-electron chi connectivity index (χ2n) is 6.17. The average molecular weight is 349 g/mol. The number of hydrogen-bond donors (Lipinski definition) is 2. The molecular formula is C19H19N5O2. The van der Waals surface area contributed by atoms with Crippen LogP contribution in [0.15, 0.2) is 59.8 Å². The van der Waals surface area contributed by atoms with E-state index >= 15 is 0 Å². The maximum atomic E-state index is 12.5. The summed E-state index contributed by atoms with van der Waals surface area (Å²) in [6.07, 6.45) is 4.73. The number of nitrogens with zero attached hydrogens (tertiary/aromatic N) is 3. The molecule has 0 radical (unpaired) electrons. The molecule has 26 heavy (non-hydrogen) atoms. The summed E-state index contributed by atoms with van der Waals surface area (Å²) in [5.41, 5.74) is 1.21. The molecule has 1 atom stereocenters. The molecule has 7 heteroatoms. The van der Waals surface area contributed by atoms with Gasteiger partial charge in [0.2, 0.25) is 0 Å². The lowest BCUT2D eigenvalue weighted by molar-refractivity contribution is 0.0924. The van der Waals surface area contributed by atoms with E-state index in [1.165, 1.54) is 12.3 Å². The van der Waals surface area contributed by atoms with Crippen molar-refractivity contribution in [3.8, 4) is 11.5 Å². The molecule has 0 saturated heterocycles. The van der Waals surface area contributed by atoms with Crippen molar-refractivity contribution >= 4 is 5.91 Å². The number of pyridine rings is 2. The fraction of sp³-hybridized carbons (Fsp3) is 0.211. The molecule has 0 aliphatic heterocycles. The molecule has 0 aliphatic carbocycles. The van der Waals surface area contributed by atoms with Crippen molar-refractivity contribution in [1.29, 1.82) is 0 Å². The first kappa shape index (κ1) is 17.5. The van der Waals surface area contributed by atoms with Crippen molar-refractivity contribution in [2.75, 3.05) is 0 Å². The number of amides is 1. The zero-order chi connectivity index (χ0) is 18.5. The number of nitrogens with one attached hydrogen (secondary N) is 2. The summed E-state index contributed by atoms with van der Waals surface area (Å²) in [5, 5.41) is 2.94. The molecule has 0 unspecified atom stereocenters. The van der Waals surface area contributed by atoms with Crippen LogP contribution >= 0.6 is 0 Å². The third-order valence-electron chi connectivity index (χ3n) is 3.86. The van der Waals surface area contributed by atoms with Crippen LogP contribution in [0.3, 0.4) is 0 Å². The minimum atomic E-state index is -0.424. The van der Waals surface area contributed by atoms with Gasteiger partial charge in [-0.25, -0.2) is 4.98 Å². The molecule has 1 amide bonds. The molecule has 0 aromatic carbocycles. The number of rotatable bonds is 5. The van der Waals surface area contributed by atoms with Crippen LogP contribution in [-0.4, -0.2) is 25.8 Å². The van der Waals surface area contributed by atoms with Gasteiger partial charge in [-0.15, -0.1) is 0 Å². The van der Waals surface area contributed by atoms with E-state index in [-0.39, 0.29) is 17.4 Å². The molecular weight excluding hydrogens is 330 g/mol. The van der Waals surface area contributed by atoms with E-state index in [0.29, 0.717) is 22.8 Å². The van der Waals surface area contributed by atoms with Crippen LogP contribution in [-0.2, 0) is 0 Å². The lowest BCUT2D eigenvalue weighted by Gasteiger charge is -2.22. The van der Waals surface area contributed by atoms with Gasteiger partial charge in [0.1, 0.15) is 5.69 Å². The highest BCUT2D eigenvalue weighted by Gasteiger charge is 2.22. The van der Waals surface area contributed by atoms with E-state index in [1.807, 2.05) is 19.9 Å². The highest BCUT2D eigenvalue weighted by atomic mass is 16.1. The smallest absolute Gasteiger partial charge is 0.253 e. The largest absolute Gasteiger partial charge is 0.343 e. The maximum Gasteiger partial charge on any atom is 0.253 e. The van der Waals surface area contributed by atoms with Gasteiger partial charge in [0.25, 0.3) is 11.5 Å². The Labute approximate surface area is 150 Å². The Bertz CT molecular complexity index is 939. The molecule has 0 aliphatic rings. The summed E-state index contributed by atoms with van der Waals surface area (Å²) in [7, 11) is 0. The normalized spacial score (nSPS) is 12.0. The van der Waals surface area contributed by atoms with Crippen molar-refractivity contribution in [3.05, 3.63) is 76.6 Å². The summed E-state index contributed by atoms with van der Waals surface area (Å²) in [6, 6.07) is 9.73. The lowest BCUT2D eigenvalue weighted by atomic mass is 10.00. The number of aromatic amines is 1. The minimum absolute atomic E-state index is 0.0292. The van der Waals surface area contributed by atoms with Gasteiger partial charge in [-0.05, 0) is 30.2 Å². The average Bonchev–Trinajstić information content (AvgIpc) is 2.66. The molecule has 132 valence electrons. The number of H-pyrrole nitrogens is 1. The van der Waals surface area contributed by atoms with Crippen LogP contribution in [0.5, 0.6) is 0 Å². The fourth-order valence-corrected chi connectivity index (χ4v) is 2.56. The Balaban J connectivity index is 1.95. The fourth-order valence-electron chi connectivity index (χ4n) is 2.56. The third-order valence-corrected chi connectivity index (χ3v) is 3.86. The predicted octanol–water partition coefficient (Wildman–Crippen LogP) is 2.35. The number of hydrogen-bond acceptors (Lipinski definition) is 5. The first-order valence-electron chi connectivity index (χ1n) is 8.28. The van der Waals surface area contributed by atoms with E-state index in [1.54, 1.807) is 36.7 Å². The Hall–Kier alpha value is -3.35. The molecule has 3 rings (SSSR count). The maximum absolute atomic E-state index is 12.5. The first-order chi connectivity index (χ1) is 12.5. The topological polar surface area (TPSA) is 101 Å².